The van der Waals surface area contributed by atoms with Gasteiger partial charge in [0.15, 0.2) is 0 Å². The quantitative estimate of drug-likeness (QED) is 0.173. The second-order valence-corrected chi connectivity index (χ2v) is 18.7. The third-order valence-electron chi connectivity index (χ3n) is 11.3. The fourth-order valence-corrected chi connectivity index (χ4v) is 8.39. The topological polar surface area (TPSA) is 6.48 Å². The number of allylic oxidation sites excluding steroid dienone is 3. The summed E-state index contributed by atoms with van der Waals surface area (Å²) in [5.74, 6) is 0. The van der Waals surface area contributed by atoms with Crippen LogP contribution >= 0.6 is 0 Å². The van der Waals surface area contributed by atoms with E-state index >= 15 is 0 Å². The van der Waals surface area contributed by atoms with E-state index in [-0.39, 0.29) is 23.0 Å². The molecule has 0 saturated heterocycles. The zero-order chi connectivity index (χ0) is 38.2. The molecule has 53 heavy (non-hydrogen) atoms. The van der Waals surface area contributed by atoms with Gasteiger partial charge in [0, 0.05) is 39.7 Å². The van der Waals surface area contributed by atoms with Gasteiger partial charge in [-0.1, -0.05) is 140 Å². The Morgan fingerprint density at radius 1 is 0.509 bits per heavy atom. The summed E-state index contributed by atoms with van der Waals surface area (Å²) in [5, 5.41) is 0. The predicted octanol–water partition coefficient (Wildman–Crippen LogP) is 12.7. The molecule has 0 saturated carbocycles. The molecule has 3 heteroatoms. The predicted molar refractivity (Wildman–Crippen MR) is 233 cm³/mol. The average Bonchev–Trinajstić information content (AvgIpc) is 3.09. The molecule has 0 amide bonds. The lowest BCUT2D eigenvalue weighted by Gasteiger charge is -2.46. The number of fused-ring (bicyclic) bond motifs is 2. The first kappa shape index (κ1) is 36.6. The second-order valence-electron chi connectivity index (χ2n) is 18.7. The molecule has 0 aromatic heterocycles. The third kappa shape index (κ3) is 6.47. The number of aryl methyl sites for hydroxylation is 1. The van der Waals surface area contributed by atoms with Crippen molar-refractivity contribution in [2.24, 2.45) is 0 Å². The van der Waals surface area contributed by atoms with Gasteiger partial charge in [-0.2, -0.15) is 0 Å². The van der Waals surface area contributed by atoms with Gasteiger partial charge in [-0.3, -0.25) is 0 Å². The number of benzene rings is 5. The van der Waals surface area contributed by atoms with Crippen molar-refractivity contribution in [2.75, 3.05) is 9.80 Å². The van der Waals surface area contributed by atoms with Crippen LogP contribution in [0, 0.1) is 6.92 Å². The molecule has 7 rings (SSSR count). The Kier molecular flexibility index (Phi) is 8.96. The van der Waals surface area contributed by atoms with Crippen molar-refractivity contribution in [1.29, 1.82) is 0 Å². The highest BCUT2D eigenvalue weighted by Crippen LogP contribution is 2.48. The molecule has 0 unspecified atom stereocenters. The lowest BCUT2D eigenvalue weighted by atomic mass is 9.33. The molecule has 0 atom stereocenters. The Hall–Kier alpha value is -4.76. The fraction of sp³-hybridized carbons (Fsp3) is 0.320. The zero-order valence-electron chi connectivity index (χ0n) is 34.4. The lowest BCUT2D eigenvalue weighted by Crippen LogP contribution is -2.56. The molecule has 2 aliphatic heterocycles. The lowest BCUT2D eigenvalue weighted by molar-refractivity contribution is 0.590. The van der Waals surface area contributed by atoms with Gasteiger partial charge < -0.3 is 9.80 Å². The van der Waals surface area contributed by atoms with Gasteiger partial charge in [-0.15, -0.1) is 0 Å². The third-order valence-corrected chi connectivity index (χ3v) is 11.3. The van der Waals surface area contributed by atoms with Crippen molar-refractivity contribution in [2.45, 2.75) is 106 Å². The summed E-state index contributed by atoms with van der Waals surface area (Å²) in [6, 6.07) is 41.8. The van der Waals surface area contributed by atoms with Crippen molar-refractivity contribution in [3.63, 3.8) is 0 Å². The molecule has 0 radical (unpaired) electrons. The second kappa shape index (κ2) is 13.0. The molecular formula is C50H57BN2. The SMILES string of the molecule is CC(C)=C(C1=C(C)B2c3cc(C(C)(C)C)ccc3N(c3ccc(C(C)(C)C)cc3)c3cc(C)cc(c32)N1c1ccc(C(C)(C)C)cc1)c1ccccc1. The molecule has 270 valence electrons. The van der Waals surface area contributed by atoms with Gasteiger partial charge in [0.25, 0.3) is 0 Å². The summed E-state index contributed by atoms with van der Waals surface area (Å²) in [4.78, 5) is 5.12. The minimum Gasteiger partial charge on any atom is -0.311 e. The van der Waals surface area contributed by atoms with E-state index in [1.165, 1.54) is 89.5 Å². The van der Waals surface area contributed by atoms with E-state index in [1.807, 2.05) is 0 Å². The maximum Gasteiger partial charge on any atom is 0.247 e. The van der Waals surface area contributed by atoms with E-state index in [2.05, 4.69) is 209 Å². The van der Waals surface area contributed by atoms with Crippen LogP contribution in [-0.4, -0.2) is 6.71 Å². The van der Waals surface area contributed by atoms with Gasteiger partial charge in [-0.05, 0) is 125 Å². The van der Waals surface area contributed by atoms with Crippen LogP contribution in [0.15, 0.2) is 126 Å². The number of hydrogen-bond donors (Lipinski definition) is 0. The van der Waals surface area contributed by atoms with Crippen LogP contribution in [-0.2, 0) is 16.2 Å². The molecule has 0 aliphatic carbocycles. The van der Waals surface area contributed by atoms with Crippen molar-refractivity contribution in [3.05, 3.63) is 154 Å². The van der Waals surface area contributed by atoms with Gasteiger partial charge in [-0.25, -0.2) is 0 Å². The first-order valence-electron chi connectivity index (χ1n) is 19.4. The zero-order valence-corrected chi connectivity index (χ0v) is 34.4. The number of hydrogen-bond acceptors (Lipinski definition) is 2. The Morgan fingerprint density at radius 3 is 1.47 bits per heavy atom. The normalized spacial score (nSPS) is 14.3. The first-order chi connectivity index (χ1) is 24.9. The number of rotatable bonds is 4. The van der Waals surface area contributed by atoms with Crippen LogP contribution in [0.3, 0.4) is 0 Å². The Balaban J connectivity index is 1.59. The minimum atomic E-state index is 0.00958. The Labute approximate surface area is 320 Å². The van der Waals surface area contributed by atoms with Crippen molar-refractivity contribution >= 4 is 51.6 Å². The first-order valence-corrected chi connectivity index (χ1v) is 19.4. The number of anilines is 5. The van der Waals surface area contributed by atoms with E-state index in [9.17, 15) is 0 Å². The molecule has 5 aromatic carbocycles. The maximum atomic E-state index is 2.58. The van der Waals surface area contributed by atoms with Crippen molar-refractivity contribution in [1.82, 2.24) is 0 Å². The summed E-state index contributed by atoms with van der Waals surface area (Å²) in [5.41, 5.74) is 20.8. The monoisotopic (exact) mass is 696 g/mol. The molecule has 5 aromatic rings. The van der Waals surface area contributed by atoms with E-state index in [4.69, 9.17) is 0 Å². The highest BCUT2D eigenvalue weighted by molar-refractivity contribution is 6.95. The van der Waals surface area contributed by atoms with Crippen molar-refractivity contribution < 1.29 is 0 Å². The highest BCUT2D eigenvalue weighted by atomic mass is 15.2. The van der Waals surface area contributed by atoms with Gasteiger partial charge in [0.1, 0.15) is 0 Å². The molecule has 0 bridgehead atoms. The summed E-state index contributed by atoms with van der Waals surface area (Å²) < 4.78 is 0. The van der Waals surface area contributed by atoms with E-state index < -0.39 is 0 Å². The smallest absolute Gasteiger partial charge is 0.247 e. The number of nitrogens with zero attached hydrogens (tertiary/aromatic N) is 2. The maximum absolute atomic E-state index is 2.58. The van der Waals surface area contributed by atoms with E-state index in [0.29, 0.717) is 0 Å². The summed E-state index contributed by atoms with van der Waals surface area (Å²) in [6.07, 6.45) is 0. The summed E-state index contributed by atoms with van der Waals surface area (Å²) >= 11 is 0. The molecule has 0 spiro atoms. The van der Waals surface area contributed by atoms with Crippen LogP contribution in [0.4, 0.5) is 28.4 Å². The summed E-state index contributed by atoms with van der Waals surface area (Å²) in [6.45, 7) is 30.0. The average molecular weight is 697 g/mol. The van der Waals surface area contributed by atoms with Crippen LogP contribution < -0.4 is 20.7 Å². The minimum absolute atomic E-state index is 0.00958. The van der Waals surface area contributed by atoms with Crippen LogP contribution in [0.1, 0.15) is 111 Å². The molecule has 2 nitrogen and oxygen atoms in total. The van der Waals surface area contributed by atoms with Gasteiger partial charge >= 0.3 is 0 Å². The van der Waals surface area contributed by atoms with Crippen LogP contribution in [0.25, 0.3) is 5.57 Å². The van der Waals surface area contributed by atoms with E-state index in [1.54, 1.807) is 0 Å². The Bertz CT molecular complexity index is 2250. The molecule has 2 heterocycles. The Morgan fingerprint density at radius 2 is 0.981 bits per heavy atom. The largest absolute Gasteiger partial charge is 0.311 e. The fourth-order valence-electron chi connectivity index (χ4n) is 8.39. The van der Waals surface area contributed by atoms with Gasteiger partial charge in [0.2, 0.25) is 6.71 Å². The molecule has 0 fully saturated rings. The standard InChI is InChI=1S/C50H57BN2/c1-32(2)45(35-17-15-14-16-18-35)47-34(4)51-41-31-38(50(11,12)13)23-28-42(41)52(39-24-19-36(20-25-39)48(5,6)7)43-29-33(3)30-44(46(43)51)53(47)40-26-21-37(22-27-40)49(8,9)10/h14-31H,1-13H3. The molecule has 0 N–H and O–H groups in total. The summed E-state index contributed by atoms with van der Waals surface area (Å²) in [7, 11) is 0. The highest BCUT2D eigenvalue weighted by Gasteiger charge is 2.44. The van der Waals surface area contributed by atoms with Gasteiger partial charge in [0.05, 0.1) is 0 Å². The van der Waals surface area contributed by atoms with E-state index in [0.717, 1.165) is 0 Å². The van der Waals surface area contributed by atoms with Crippen molar-refractivity contribution in [3.8, 4) is 0 Å². The molecule has 2 aliphatic rings. The van der Waals surface area contributed by atoms with Crippen LogP contribution in [0.2, 0.25) is 0 Å². The van der Waals surface area contributed by atoms with Crippen LogP contribution in [0.5, 0.6) is 0 Å². The molecular weight excluding hydrogens is 639 g/mol.